The van der Waals surface area contributed by atoms with Gasteiger partial charge in [-0.1, -0.05) is 27.7 Å². The van der Waals surface area contributed by atoms with E-state index in [1.165, 1.54) is 32.1 Å². The van der Waals surface area contributed by atoms with Gasteiger partial charge >= 0.3 is 0 Å². The third-order valence-corrected chi connectivity index (χ3v) is 10.8. The van der Waals surface area contributed by atoms with E-state index in [1.807, 2.05) is 0 Å². The summed E-state index contributed by atoms with van der Waals surface area (Å²) in [5.41, 5.74) is 0.340. The number of fused-ring (bicyclic) bond motifs is 5. The Hall–Kier alpha value is -0.160. The third-order valence-electron chi connectivity index (χ3n) is 10.8. The van der Waals surface area contributed by atoms with Crippen LogP contribution in [-0.2, 0) is 4.74 Å². The van der Waals surface area contributed by atoms with Crippen LogP contribution in [0.4, 0.5) is 0 Å². The van der Waals surface area contributed by atoms with Gasteiger partial charge in [0.25, 0.3) is 0 Å². The van der Waals surface area contributed by atoms with Gasteiger partial charge in [-0.25, -0.2) is 0 Å². The summed E-state index contributed by atoms with van der Waals surface area (Å²) in [7, 11) is 0. The second-order valence-electron chi connectivity index (χ2n) is 12.3. The third kappa shape index (κ3) is 4.02. The van der Waals surface area contributed by atoms with Crippen molar-refractivity contribution in [2.24, 2.45) is 46.3 Å². The summed E-state index contributed by atoms with van der Waals surface area (Å²) >= 11 is 0. The highest BCUT2D eigenvalue weighted by Crippen LogP contribution is 2.68. The lowest BCUT2D eigenvalue weighted by molar-refractivity contribution is -0.223. The van der Waals surface area contributed by atoms with E-state index < -0.39 is 12.2 Å². The van der Waals surface area contributed by atoms with E-state index >= 15 is 0 Å². The molecule has 0 aliphatic heterocycles. The average molecular weight is 437 g/mol. The quantitative estimate of drug-likeness (QED) is 0.502. The molecule has 4 rings (SSSR count). The van der Waals surface area contributed by atoms with Crippen LogP contribution in [-0.4, -0.2) is 46.8 Å². The SMILES string of the molecule is CCCOCCCC(C)C1CCC2C3C(CC[C@]12C)[C@@]1(C)CC[C@@H](O)C[C@H]1[C@H](O)[C@@H]3O. The zero-order valence-electron chi connectivity index (χ0n) is 20.4. The van der Waals surface area contributed by atoms with Crippen molar-refractivity contribution < 1.29 is 20.1 Å². The van der Waals surface area contributed by atoms with Crippen LogP contribution in [0.25, 0.3) is 0 Å². The second kappa shape index (κ2) is 9.24. The van der Waals surface area contributed by atoms with Crippen molar-refractivity contribution in [3.63, 3.8) is 0 Å². The molecule has 31 heavy (non-hydrogen) atoms. The molecule has 4 heteroatoms. The van der Waals surface area contributed by atoms with Crippen molar-refractivity contribution >= 4 is 0 Å². The van der Waals surface area contributed by atoms with Gasteiger partial charge in [0.05, 0.1) is 18.3 Å². The minimum absolute atomic E-state index is 0.0381. The first-order chi connectivity index (χ1) is 14.7. The lowest BCUT2D eigenvalue weighted by atomic mass is 9.43. The van der Waals surface area contributed by atoms with E-state index in [-0.39, 0.29) is 28.8 Å². The number of hydrogen-bond acceptors (Lipinski definition) is 4. The van der Waals surface area contributed by atoms with Crippen molar-refractivity contribution in [2.75, 3.05) is 13.2 Å². The first kappa shape index (κ1) is 24.0. The molecule has 180 valence electrons. The Kier molecular flexibility index (Phi) is 7.14. The normalized spacial score (nSPS) is 50.4. The van der Waals surface area contributed by atoms with Crippen molar-refractivity contribution in [1.29, 1.82) is 0 Å². The number of rotatable bonds is 7. The highest BCUT2D eigenvalue weighted by molar-refractivity contribution is 5.14. The molecule has 0 radical (unpaired) electrons. The monoisotopic (exact) mass is 436 g/mol. The molecule has 0 amide bonds. The van der Waals surface area contributed by atoms with Gasteiger partial charge in [-0.2, -0.15) is 0 Å². The maximum Gasteiger partial charge on any atom is 0.0836 e. The van der Waals surface area contributed by atoms with Crippen LogP contribution < -0.4 is 0 Å². The predicted octanol–water partition coefficient (Wildman–Crippen LogP) is 4.79. The van der Waals surface area contributed by atoms with E-state index in [2.05, 4.69) is 27.7 Å². The van der Waals surface area contributed by atoms with Crippen LogP contribution in [0.3, 0.4) is 0 Å². The molecule has 4 aliphatic rings. The Morgan fingerprint density at radius 1 is 0.871 bits per heavy atom. The Morgan fingerprint density at radius 3 is 2.32 bits per heavy atom. The Bertz CT molecular complexity index is 610. The molecule has 11 atom stereocenters. The topological polar surface area (TPSA) is 69.9 Å². The lowest BCUT2D eigenvalue weighted by Gasteiger charge is -2.63. The molecule has 4 aliphatic carbocycles. The van der Waals surface area contributed by atoms with Crippen LogP contribution >= 0.6 is 0 Å². The molecule has 0 aromatic rings. The van der Waals surface area contributed by atoms with Crippen LogP contribution in [0.5, 0.6) is 0 Å². The van der Waals surface area contributed by atoms with Gasteiger partial charge in [-0.05, 0) is 111 Å². The van der Waals surface area contributed by atoms with E-state index in [0.29, 0.717) is 30.1 Å². The molecular weight excluding hydrogens is 388 g/mol. The zero-order valence-corrected chi connectivity index (χ0v) is 20.4. The van der Waals surface area contributed by atoms with Crippen LogP contribution in [0.2, 0.25) is 0 Å². The fraction of sp³-hybridized carbons (Fsp3) is 1.00. The van der Waals surface area contributed by atoms with E-state index in [9.17, 15) is 15.3 Å². The van der Waals surface area contributed by atoms with Crippen molar-refractivity contribution in [3.05, 3.63) is 0 Å². The zero-order chi connectivity index (χ0) is 22.4. The van der Waals surface area contributed by atoms with Gasteiger partial charge in [-0.3, -0.25) is 0 Å². The molecule has 5 unspecified atom stereocenters. The van der Waals surface area contributed by atoms with Gasteiger partial charge in [-0.15, -0.1) is 0 Å². The Labute approximate surface area is 190 Å². The van der Waals surface area contributed by atoms with E-state index in [4.69, 9.17) is 4.74 Å². The lowest BCUT2D eigenvalue weighted by Crippen LogP contribution is -2.64. The average Bonchev–Trinajstić information content (AvgIpc) is 3.10. The number of aliphatic hydroxyl groups is 3. The molecule has 4 saturated carbocycles. The number of ether oxygens (including phenoxy) is 1. The maximum atomic E-state index is 11.4. The van der Waals surface area contributed by atoms with Gasteiger partial charge in [0.15, 0.2) is 0 Å². The highest BCUT2D eigenvalue weighted by Gasteiger charge is 2.65. The van der Waals surface area contributed by atoms with Crippen LogP contribution in [0.1, 0.15) is 91.9 Å². The molecular formula is C27H48O4. The second-order valence-corrected chi connectivity index (χ2v) is 12.3. The summed E-state index contributed by atoms with van der Waals surface area (Å²) in [6.45, 7) is 11.2. The summed E-state index contributed by atoms with van der Waals surface area (Å²) in [4.78, 5) is 0. The van der Waals surface area contributed by atoms with Gasteiger partial charge < -0.3 is 20.1 Å². The molecule has 0 bridgehead atoms. The summed E-state index contributed by atoms with van der Waals surface area (Å²) in [5, 5.41) is 32.8. The minimum atomic E-state index is -0.685. The van der Waals surface area contributed by atoms with Crippen LogP contribution in [0, 0.1) is 46.3 Å². The standard InChI is InChI=1S/C27H48O4/c1-5-14-31-15-6-7-17(2)19-8-9-20-23-21(11-13-26(19,20)3)27(4)12-10-18(28)16-22(27)24(29)25(23)30/h17-25,28-30H,5-16H2,1-4H3/t17?,18-,19?,20?,21?,22+,23?,24+,25-,26-,27-/m1/s1. The van der Waals surface area contributed by atoms with Crippen molar-refractivity contribution in [2.45, 2.75) is 110 Å². The van der Waals surface area contributed by atoms with Gasteiger partial charge in [0.1, 0.15) is 0 Å². The first-order valence-electron chi connectivity index (χ1n) is 13.4. The van der Waals surface area contributed by atoms with E-state index in [1.54, 1.807) is 0 Å². The molecule has 3 N–H and O–H groups in total. The molecule has 4 nitrogen and oxygen atoms in total. The molecule has 0 spiro atoms. The predicted molar refractivity (Wildman–Crippen MR) is 124 cm³/mol. The molecule has 0 saturated heterocycles. The molecule has 4 fully saturated rings. The molecule has 0 aromatic carbocycles. The van der Waals surface area contributed by atoms with Crippen molar-refractivity contribution in [1.82, 2.24) is 0 Å². The summed E-state index contributed by atoms with van der Waals surface area (Å²) in [6.07, 6.45) is 9.23. The minimum Gasteiger partial charge on any atom is -0.393 e. The highest BCUT2D eigenvalue weighted by atomic mass is 16.5. The fourth-order valence-corrected chi connectivity index (χ4v) is 9.17. The van der Waals surface area contributed by atoms with E-state index in [0.717, 1.165) is 38.9 Å². The van der Waals surface area contributed by atoms with Gasteiger partial charge in [0.2, 0.25) is 0 Å². The number of aliphatic hydroxyl groups excluding tert-OH is 3. The smallest absolute Gasteiger partial charge is 0.0836 e. The summed E-state index contributed by atoms with van der Waals surface area (Å²) in [6, 6.07) is 0. The Morgan fingerprint density at radius 2 is 1.58 bits per heavy atom. The summed E-state index contributed by atoms with van der Waals surface area (Å²) < 4.78 is 5.71. The largest absolute Gasteiger partial charge is 0.393 e. The molecule has 0 heterocycles. The fourth-order valence-electron chi connectivity index (χ4n) is 9.17. The Balaban J connectivity index is 1.49. The van der Waals surface area contributed by atoms with Crippen LogP contribution in [0.15, 0.2) is 0 Å². The van der Waals surface area contributed by atoms with Crippen molar-refractivity contribution in [3.8, 4) is 0 Å². The maximum absolute atomic E-state index is 11.4. The first-order valence-corrected chi connectivity index (χ1v) is 13.4. The number of hydrogen-bond donors (Lipinski definition) is 3. The molecule has 0 aromatic heterocycles. The van der Waals surface area contributed by atoms with Gasteiger partial charge in [0, 0.05) is 13.2 Å². The summed E-state index contributed by atoms with van der Waals surface area (Å²) in [5.74, 6) is 2.66.